The minimum Gasteiger partial charge on any atom is -0.378 e. The number of hydrogen-bond acceptors (Lipinski definition) is 5. The van der Waals surface area contributed by atoms with Gasteiger partial charge in [-0.3, -0.25) is 14.4 Å². The number of aromatic amines is 1. The predicted octanol–water partition coefficient (Wildman–Crippen LogP) is 3.47. The summed E-state index contributed by atoms with van der Waals surface area (Å²) >= 11 is 6.32. The van der Waals surface area contributed by atoms with E-state index in [0.717, 1.165) is 12.8 Å². The van der Waals surface area contributed by atoms with E-state index < -0.39 is 17.1 Å². The normalized spacial score (nSPS) is 24.4. The maximum atomic E-state index is 13.9. The van der Waals surface area contributed by atoms with Crippen LogP contribution in [0.5, 0.6) is 0 Å². The summed E-state index contributed by atoms with van der Waals surface area (Å²) < 4.78 is 19.2. The van der Waals surface area contributed by atoms with Gasteiger partial charge < -0.3 is 24.8 Å². The Balaban J connectivity index is 1.23. The summed E-state index contributed by atoms with van der Waals surface area (Å²) in [5.74, 6) is -1.04. The first-order chi connectivity index (χ1) is 17.8. The second-order valence-electron chi connectivity index (χ2n) is 10.2. The van der Waals surface area contributed by atoms with E-state index in [0.29, 0.717) is 69.8 Å². The number of morpholine rings is 1. The van der Waals surface area contributed by atoms with Crippen LogP contribution in [0.1, 0.15) is 65.1 Å². The average molecular weight is 532 g/mol. The van der Waals surface area contributed by atoms with Crippen LogP contribution in [0.15, 0.2) is 18.5 Å². The lowest BCUT2D eigenvalue weighted by Gasteiger charge is -2.45. The lowest BCUT2D eigenvalue weighted by atomic mass is 9.67. The summed E-state index contributed by atoms with van der Waals surface area (Å²) in [6, 6.07) is 2.78. The van der Waals surface area contributed by atoms with Crippen molar-refractivity contribution in [1.29, 1.82) is 0 Å². The fraction of sp³-hybridized carbons (Fsp3) is 0.538. The number of benzene rings is 1. The highest BCUT2D eigenvalue weighted by molar-refractivity contribution is 6.34. The van der Waals surface area contributed by atoms with Crippen LogP contribution in [0.3, 0.4) is 0 Å². The van der Waals surface area contributed by atoms with Crippen molar-refractivity contribution in [3.8, 4) is 0 Å². The maximum absolute atomic E-state index is 13.9. The van der Waals surface area contributed by atoms with Crippen LogP contribution < -0.4 is 10.2 Å². The van der Waals surface area contributed by atoms with Gasteiger partial charge in [-0.25, -0.2) is 9.37 Å². The second kappa shape index (κ2) is 10.4. The van der Waals surface area contributed by atoms with Crippen molar-refractivity contribution in [2.75, 3.05) is 37.7 Å². The third-order valence-electron chi connectivity index (χ3n) is 7.90. The number of halogens is 2. The van der Waals surface area contributed by atoms with Gasteiger partial charge in [0.1, 0.15) is 11.5 Å². The molecule has 0 unspecified atom stereocenters. The molecule has 1 aliphatic carbocycles. The number of anilines is 1. The summed E-state index contributed by atoms with van der Waals surface area (Å²) in [7, 11) is 0. The molecule has 2 N–H and O–H groups in total. The van der Waals surface area contributed by atoms with Gasteiger partial charge in [0.05, 0.1) is 30.3 Å². The van der Waals surface area contributed by atoms with Crippen LogP contribution >= 0.6 is 11.6 Å². The van der Waals surface area contributed by atoms with Crippen LogP contribution in [0, 0.1) is 18.2 Å². The molecule has 37 heavy (non-hydrogen) atoms. The van der Waals surface area contributed by atoms with Crippen LogP contribution in [0.25, 0.3) is 0 Å². The number of piperidine rings is 1. The summed E-state index contributed by atoms with van der Waals surface area (Å²) in [5.41, 5.74) is 0.739. The molecular weight excluding hydrogens is 501 g/mol. The number of carbonyl (C=O) groups is 3. The van der Waals surface area contributed by atoms with Crippen LogP contribution in [0.4, 0.5) is 10.1 Å². The smallest absolute Gasteiger partial charge is 0.272 e. The number of rotatable bonds is 4. The molecule has 198 valence electrons. The van der Waals surface area contributed by atoms with Gasteiger partial charge in [0.2, 0.25) is 5.91 Å². The molecule has 1 aromatic heterocycles. The molecule has 1 aromatic carbocycles. The molecule has 9 nitrogen and oxygen atoms in total. The first kappa shape index (κ1) is 25.7. The van der Waals surface area contributed by atoms with E-state index in [4.69, 9.17) is 16.3 Å². The zero-order chi connectivity index (χ0) is 26.2. The minimum atomic E-state index is -0.519. The standard InChI is InChI=1S/C26H31ClFN5O4/c1-16-13-20(18(27)14-19(16)28)33-8-2-5-26(25(33)36)6-3-17(4-7-26)31-23(34)21-22(30-15-29-21)24(35)32-9-11-37-12-10-32/h13-15,17H,2-12H2,1H3,(H,29,30)(H,31,34). The fourth-order valence-electron chi connectivity index (χ4n) is 5.74. The molecule has 3 aliphatic rings. The highest BCUT2D eigenvalue weighted by Crippen LogP contribution is 2.46. The number of H-pyrrole nitrogens is 1. The largest absolute Gasteiger partial charge is 0.378 e. The molecule has 3 amide bonds. The first-order valence-corrected chi connectivity index (χ1v) is 13.2. The van der Waals surface area contributed by atoms with Gasteiger partial charge >= 0.3 is 0 Å². The van der Waals surface area contributed by atoms with E-state index in [1.807, 2.05) is 0 Å². The molecule has 3 heterocycles. The fourth-order valence-corrected chi connectivity index (χ4v) is 5.99. The quantitative estimate of drug-likeness (QED) is 0.628. The number of nitrogens with zero attached hydrogens (tertiary/aromatic N) is 3. The third-order valence-corrected chi connectivity index (χ3v) is 8.20. The van der Waals surface area contributed by atoms with Gasteiger partial charge in [-0.15, -0.1) is 0 Å². The molecule has 11 heteroatoms. The van der Waals surface area contributed by atoms with Gasteiger partial charge in [0.25, 0.3) is 11.8 Å². The Morgan fingerprint density at radius 1 is 1.19 bits per heavy atom. The van der Waals surface area contributed by atoms with E-state index >= 15 is 0 Å². The molecule has 2 aliphatic heterocycles. The predicted molar refractivity (Wildman–Crippen MR) is 135 cm³/mol. The van der Waals surface area contributed by atoms with Crippen molar-refractivity contribution in [2.24, 2.45) is 5.41 Å². The Hall–Kier alpha value is -2.98. The highest BCUT2D eigenvalue weighted by atomic mass is 35.5. The van der Waals surface area contributed by atoms with E-state index in [2.05, 4.69) is 15.3 Å². The van der Waals surface area contributed by atoms with Crippen molar-refractivity contribution < 1.29 is 23.5 Å². The number of aromatic nitrogens is 2. The van der Waals surface area contributed by atoms with Gasteiger partial charge in [-0.05, 0) is 63.1 Å². The Kier molecular flexibility index (Phi) is 7.22. The number of hydrogen-bond donors (Lipinski definition) is 2. The molecule has 2 aromatic rings. The second-order valence-corrected chi connectivity index (χ2v) is 10.6. The number of aryl methyl sites for hydroxylation is 1. The number of nitrogens with one attached hydrogen (secondary N) is 2. The summed E-state index contributed by atoms with van der Waals surface area (Å²) in [6.45, 7) is 4.08. The Morgan fingerprint density at radius 3 is 2.65 bits per heavy atom. The van der Waals surface area contributed by atoms with Crippen molar-refractivity contribution in [3.63, 3.8) is 0 Å². The third kappa shape index (κ3) is 4.96. The Bertz CT molecular complexity index is 1200. The van der Waals surface area contributed by atoms with Crippen molar-refractivity contribution in [2.45, 2.75) is 51.5 Å². The maximum Gasteiger partial charge on any atom is 0.272 e. The number of ether oxygens (including phenoxy) is 1. The molecule has 1 spiro atoms. The van der Waals surface area contributed by atoms with Crippen molar-refractivity contribution >= 4 is 35.0 Å². The van der Waals surface area contributed by atoms with Gasteiger partial charge in [-0.1, -0.05) is 11.6 Å². The van der Waals surface area contributed by atoms with E-state index in [1.54, 1.807) is 22.8 Å². The van der Waals surface area contributed by atoms with Gasteiger partial charge in [0, 0.05) is 31.1 Å². The van der Waals surface area contributed by atoms with E-state index in [-0.39, 0.29) is 34.3 Å². The number of amides is 3. The monoisotopic (exact) mass is 531 g/mol. The summed E-state index contributed by atoms with van der Waals surface area (Å²) in [5, 5.41) is 3.25. The molecule has 1 saturated carbocycles. The topological polar surface area (TPSA) is 108 Å². The SMILES string of the molecule is Cc1cc(N2CCCC3(CCC(NC(=O)c4nc[nH]c4C(=O)N4CCOCC4)CC3)C2=O)c(Cl)cc1F. The highest BCUT2D eigenvalue weighted by Gasteiger charge is 2.47. The summed E-state index contributed by atoms with van der Waals surface area (Å²) in [4.78, 5) is 49.8. The van der Waals surface area contributed by atoms with Gasteiger partial charge in [0.15, 0.2) is 5.69 Å². The van der Waals surface area contributed by atoms with Crippen LogP contribution in [-0.2, 0) is 9.53 Å². The van der Waals surface area contributed by atoms with Crippen molar-refractivity contribution in [1.82, 2.24) is 20.2 Å². The number of carbonyl (C=O) groups excluding carboxylic acids is 3. The molecule has 2 saturated heterocycles. The van der Waals surface area contributed by atoms with Crippen LogP contribution in [-0.4, -0.2) is 71.5 Å². The lowest BCUT2D eigenvalue weighted by Crippen LogP contribution is -2.52. The molecule has 0 atom stereocenters. The molecule has 5 rings (SSSR count). The minimum absolute atomic E-state index is 0.0159. The molecular formula is C26H31ClFN5O4. The molecule has 0 radical (unpaired) electrons. The van der Waals surface area contributed by atoms with E-state index in [9.17, 15) is 18.8 Å². The Labute approximate surface area is 219 Å². The zero-order valence-corrected chi connectivity index (χ0v) is 21.6. The number of imidazole rings is 1. The van der Waals surface area contributed by atoms with Crippen LogP contribution in [0.2, 0.25) is 5.02 Å². The first-order valence-electron chi connectivity index (χ1n) is 12.8. The van der Waals surface area contributed by atoms with Crippen molar-refractivity contribution in [3.05, 3.63) is 46.3 Å². The van der Waals surface area contributed by atoms with Gasteiger partial charge in [-0.2, -0.15) is 0 Å². The molecule has 3 fully saturated rings. The zero-order valence-electron chi connectivity index (χ0n) is 20.8. The lowest BCUT2D eigenvalue weighted by molar-refractivity contribution is -0.132. The Morgan fingerprint density at radius 2 is 1.92 bits per heavy atom. The summed E-state index contributed by atoms with van der Waals surface area (Å²) in [6.07, 6.45) is 5.50. The van der Waals surface area contributed by atoms with E-state index in [1.165, 1.54) is 12.4 Å². The molecule has 0 bridgehead atoms. The average Bonchev–Trinajstić information content (AvgIpc) is 3.40.